The molecule has 2 atom stereocenters. The van der Waals surface area contributed by atoms with Crippen molar-refractivity contribution in [2.24, 2.45) is 11.7 Å². The monoisotopic (exact) mass is 234 g/mol. The molecule has 1 aliphatic heterocycles. The third-order valence-electron chi connectivity index (χ3n) is 3.21. The van der Waals surface area contributed by atoms with Gasteiger partial charge in [-0.3, -0.25) is 0 Å². The highest BCUT2D eigenvalue weighted by molar-refractivity contribution is 7.91. The van der Waals surface area contributed by atoms with Crippen LogP contribution in [0.25, 0.3) is 0 Å². The molecule has 0 amide bonds. The van der Waals surface area contributed by atoms with Crippen LogP contribution in [0.2, 0.25) is 0 Å². The Morgan fingerprint density at radius 2 is 2.20 bits per heavy atom. The summed E-state index contributed by atoms with van der Waals surface area (Å²) in [6.45, 7) is 6.34. The Hall–Kier alpha value is -0.130. The van der Waals surface area contributed by atoms with Crippen molar-refractivity contribution >= 4 is 9.84 Å². The molecule has 0 saturated carbocycles. The molecule has 0 radical (unpaired) electrons. The standard InChI is InChI=1S/C10H22N2O2S/c1-3-15(13,14)7-6-12-5-4-10(8-12)9(2)11/h9-10H,3-8,11H2,1-2H3. The first kappa shape index (κ1) is 12.9. The van der Waals surface area contributed by atoms with Crippen LogP contribution < -0.4 is 5.73 Å². The van der Waals surface area contributed by atoms with E-state index in [1.165, 1.54) is 0 Å². The van der Waals surface area contributed by atoms with Crippen LogP contribution in [0.4, 0.5) is 0 Å². The van der Waals surface area contributed by atoms with Crippen molar-refractivity contribution in [1.29, 1.82) is 0 Å². The summed E-state index contributed by atoms with van der Waals surface area (Å²) in [5, 5.41) is 0. The number of likely N-dealkylation sites (tertiary alicyclic amines) is 1. The Balaban J connectivity index is 2.31. The van der Waals surface area contributed by atoms with Gasteiger partial charge in [0.25, 0.3) is 0 Å². The van der Waals surface area contributed by atoms with Gasteiger partial charge in [0.15, 0.2) is 9.84 Å². The zero-order chi connectivity index (χ0) is 11.5. The van der Waals surface area contributed by atoms with E-state index in [0.29, 0.717) is 12.5 Å². The van der Waals surface area contributed by atoms with Crippen LogP contribution in [0.3, 0.4) is 0 Å². The van der Waals surface area contributed by atoms with E-state index in [9.17, 15) is 8.42 Å². The molecule has 5 heteroatoms. The van der Waals surface area contributed by atoms with Crippen molar-refractivity contribution in [2.75, 3.05) is 31.1 Å². The van der Waals surface area contributed by atoms with Crippen LogP contribution in [0.5, 0.6) is 0 Å². The smallest absolute Gasteiger partial charge is 0.151 e. The fraction of sp³-hybridized carbons (Fsp3) is 1.00. The highest BCUT2D eigenvalue weighted by atomic mass is 32.2. The largest absolute Gasteiger partial charge is 0.328 e. The lowest BCUT2D eigenvalue weighted by atomic mass is 10.0. The quantitative estimate of drug-likeness (QED) is 0.732. The van der Waals surface area contributed by atoms with Crippen LogP contribution in [-0.2, 0) is 9.84 Å². The van der Waals surface area contributed by atoms with Crippen molar-refractivity contribution in [2.45, 2.75) is 26.3 Å². The molecule has 0 aromatic carbocycles. The zero-order valence-electron chi connectivity index (χ0n) is 9.65. The second-order valence-electron chi connectivity index (χ2n) is 4.44. The molecular formula is C10H22N2O2S. The van der Waals surface area contributed by atoms with E-state index < -0.39 is 9.84 Å². The minimum atomic E-state index is -2.82. The average molecular weight is 234 g/mol. The minimum absolute atomic E-state index is 0.220. The van der Waals surface area contributed by atoms with Crippen molar-refractivity contribution < 1.29 is 8.42 Å². The van der Waals surface area contributed by atoms with Gasteiger partial charge in [-0.05, 0) is 25.8 Å². The molecule has 1 aliphatic rings. The maximum atomic E-state index is 11.3. The molecule has 1 heterocycles. The Kier molecular flexibility index (Phi) is 4.55. The lowest BCUT2D eigenvalue weighted by Crippen LogP contribution is -2.32. The summed E-state index contributed by atoms with van der Waals surface area (Å²) in [6.07, 6.45) is 1.10. The van der Waals surface area contributed by atoms with Crippen LogP contribution in [0.15, 0.2) is 0 Å². The van der Waals surface area contributed by atoms with Gasteiger partial charge in [-0.2, -0.15) is 0 Å². The predicted octanol–water partition coefficient (Wildman–Crippen LogP) is 0.0902. The molecule has 0 aliphatic carbocycles. The molecule has 1 fully saturated rings. The highest BCUT2D eigenvalue weighted by Gasteiger charge is 2.25. The summed E-state index contributed by atoms with van der Waals surface area (Å²) < 4.78 is 22.6. The summed E-state index contributed by atoms with van der Waals surface area (Å²) in [5.74, 6) is 1.07. The van der Waals surface area contributed by atoms with Crippen molar-refractivity contribution in [3.8, 4) is 0 Å². The first-order valence-electron chi connectivity index (χ1n) is 5.63. The van der Waals surface area contributed by atoms with E-state index >= 15 is 0 Å². The Bertz CT molecular complexity index is 288. The van der Waals surface area contributed by atoms with Gasteiger partial charge in [0, 0.05) is 24.9 Å². The fourth-order valence-corrected chi connectivity index (χ4v) is 2.73. The molecule has 0 aromatic rings. The number of hydrogen-bond donors (Lipinski definition) is 1. The molecule has 1 rings (SSSR count). The summed E-state index contributed by atoms with van der Waals surface area (Å²) in [6, 6.07) is 0.220. The van der Waals surface area contributed by atoms with Crippen LogP contribution >= 0.6 is 0 Å². The first-order valence-corrected chi connectivity index (χ1v) is 7.45. The molecule has 2 unspecified atom stereocenters. The number of nitrogens with zero attached hydrogens (tertiary/aromatic N) is 1. The van der Waals surface area contributed by atoms with Crippen LogP contribution in [0, 0.1) is 5.92 Å². The minimum Gasteiger partial charge on any atom is -0.328 e. The summed E-state index contributed by atoms with van der Waals surface area (Å²) in [7, 11) is -2.82. The third-order valence-corrected chi connectivity index (χ3v) is 4.89. The van der Waals surface area contributed by atoms with Crippen molar-refractivity contribution in [3.05, 3.63) is 0 Å². The van der Waals surface area contributed by atoms with Gasteiger partial charge in [-0.15, -0.1) is 0 Å². The van der Waals surface area contributed by atoms with Crippen molar-refractivity contribution in [1.82, 2.24) is 4.90 Å². The normalized spacial score (nSPS) is 25.7. The lowest BCUT2D eigenvalue weighted by Gasteiger charge is -2.17. The molecule has 0 aromatic heterocycles. The van der Waals surface area contributed by atoms with Gasteiger partial charge in [0.1, 0.15) is 0 Å². The topological polar surface area (TPSA) is 63.4 Å². The van der Waals surface area contributed by atoms with Crippen LogP contribution in [-0.4, -0.2) is 50.5 Å². The summed E-state index contributed by atoms with van der Waals surface area (Å²) in [5.41, 5.74) is 5.82. The molecule has 0 bridgehead atoms. The van der Waals surface area contributed by atoms with Gasteiger partial charge >= 0.3 is 0 Å². The lowest BCUT2D eigenvalue weighted by molar-refractivity contribution is 0.332. The molecule has 15 heavy (non-hydrogen) atoms. The number of rotatable bonds is 5. The van der Waals surface area contributed by atoms with E-state index in [1.54, 1.807) is 6.92 Å². The number of sulfone groups is 1. The second-order valence-corrected chi connectivity index (χ2v) is 6.92. The maximum Gasteiger partial charge on any atom is 0.151 e. The highest BCUT2D eigenvalue weighted by Crippen LogP contribution is 2.18. The van der Waals surface area contributed by atoms with Gasteiger partial charge in [-0.25, -0.2) is 8.42 Å². The molecule has 0 spiro atoms. The van der Waals surface area contributed by atoms with Crippen LogP contribution in [0.1, 0.15) is 20.3 Å². The Morgan fingerprint density at radius 1 is 1.53 bits per heavy atom. The zero-order valence-corrected chi connectivity index (χ0v) is 10.5. The molecule has 2 N–H and O–H groups in total. The van der Waals surface area contributed by atoms with Gasteiger partial charge in [-0.1, -0.05) is 6.92 Å². The van der Waals surface area contributed by atoms with Gasteiger partial charge < -0.3 is 10.6 Å². The molecule has 90 valence electrons. The van der Waals surface area contributed by atoms with E-state index in [-0.39, 0.29) is 17.5 Å². The Labute approximate surface area is 92.7 Å². The average Bonchev–Trinajstić information content (AvgIpc) is 2.63. The third kappa shape index (κ3) is 4.09. The fourth-order valence-electron chi connectivity index (χ4n) is 1.91. The van der Waals surface area contributed by atoms with E-state index in [4.69, 9.17) is 5.73 Å². The molecule has 4 nitrogen and oxygen atoms in total. The van der Waals surface area contributed by atoms with E-state index in [2.05, 4.69) is 4.90 Å². The SMILES string of the molecule is CCS(=O)(=O)CCN1CCC(C(C)N)C1. The molecular weight excluding hydrogens is 212 g/mol. The summed E-state index contributed by atoms with van der Waals surface area (Å²) in [4.78, 5) is 2.21. The Morgan fingerprint density at radius 3 is 2.67 bits per heavy atom. The predicted molar refractivity (Wildman–Crippen MR) is 62.5 cm³/mol. The van der Waals surface area contributed by atoms with E-state index in [0.717, 1.165) is 19.5 Å². The second kappa shape index (κ2) is 5.27. The molecule has 1 saturated heterocycles. The number of hydrogen-bond acceptors (Lipinski definition) is 4. The van der Waals surface area contributed by atoms with Gasteiger partial charge in [0.2, 0.25) is 0 Å². The maximum absolute atomic E-state index is 11.3. The van der Waals surface area contributed by atoms with Gasteiger partial charge in [0.05, 0.1) is 5.75 Å². The first-order chi connectivity index (χ1) is 6.94. The number of nitrogens with two attached hydrogens (primary N) is 1. The summed E-state index contributed by atoms with van der Waals surface area (Å²) >= 11 is 0. The van der Waals surface area contributed by atoms with E-state index in [1.807, 2.05) is 6.92 Å². The van der Waals surface area contributed by atoms with Crippen molar-refractivity contribution in [3.63, 3.8) is 0 Å².